The van der Waals surface area contributed by atoms with Crippen LogP contribution in [0.3, 0.4) is 0 Å². The molecule has 1 fully saturated rings. The van der Waals surface area contributed by atoms with Gasteiger partial charge >= 0.3 is 5.97 Å². The van der Waals surface area contributed by atoms with Gasteiger partial charge in [0.1, 0.15) is 6.04 Å². The molecular formula is C16H24N2O2. The van der Waals surface area contributed by atoms with E-state index in [1.807, 2.05) is 31.2 Å². The van der Waals surface area contributed by atoms with E-state index in [-0.39, 0.29) is 0 Å². The minimum Gasteiger partial charge on any atom is -0.480 e. The first-order valence-electron chi connectivity index (χ1n) is 7.37. The maximum absolute atomic E-state index is 11.6. The molecule has 1 atom stereocenters. The molecule has 110 valence electrons. The molecule has 0 saturated carbocycles. The van der Waals surface area contributed by atoms with Crippen molar-refractivity contribution < 1.29 is 9.90 Å². The van der Waals surface area contributed by atoms with Crippen LogP contribution in [0.4, 0.5) is 0 Å². The Morgan fingerprint density at radius 3 is 2.30 bits per heavy atom. The normalized spacial score (nSPS) is 18.9. The summed E-state index contributed by atoms with van der Waals surface area (Å²) in [7, 11) is 0. The molecule has 0 spiro atoms. The highest BCUT2D eigenvalue weighted by Gasteiger charge is 2.29. The second-order valence-electron chi connectivity index (χ2n) is 5.53. The lowest BCUT2D eigenvalue weighted by Crippen LogP contribution is -2.49. The Morgan fingerprint density at radius 2 is 1.80 bits per heavy atom. The maximum atomic E-state index is 11.6. The van der Waals surface area contributed by atoms with Crippen LogP contribution in [0.2, 0.25) is 0 Å². The van der Waals surface area contributed by atoms with Crippen molar-refractivity contribution in [3.63, 3.8) is 0 Å². The van der Waals surface area contributed by atoms with E-state index in [4.69, 9.17) is 0 Å². The molecule has 4 nitrogen and oxygen atoms in total. The molecule has 0 radical (unpaired) electrons. The Morgan fingerprint density at radius 1 is 1.20 bits per heavy atom. The standard InChI is InChI=1S/C16H24N2O2/c1-3-8-17-9-11-18(12-10-17)15(16(19)20)14-6-4-13(2)5-7-14/h4-7,15H,3,8-12H2,1-2H3,(H,19,20). The van der Waals surface area contributed by atoms with Gasteiger partial charge in [-0.25, -0.2) is 0 Å². The molecule has 1 aliphatic heterocycles. The van der Waals surface area contributed by atoms with Crippen LogP contribution in [-0.2, 0) is 4.79 Å². The third-order valence-corrected chi connectivity index (χ3v) is 3.94. The van der Waals surface area contributed by atoms with Crippen molar-refractivity contribution in [2.75, 3.05) is 32.7 Å². The Labute approximate surface area is 121 Å². The zero-order valence-electron chi connectivity index (χ0n) is 12.4. The third kappa shape index (κ3) is 3.58. The number of hydrogen-bond donors (Lipinski definition) is 1. The Bertz CT molecular complexity index is 436. The van der Waals surface area contributed by atoms with Gasteiger partial charge in [0.2, 0.25) is 0 Å². The van der Waals surface area contributed by atoms with E-state index in [0.29, 0.717) is 0 Å². The Hall–Kier alpha value is -1.39. The summed E-state index contributed by atoms with van der Waals surface area (Å²) in [6.45, 7) is 8.88. The number of benzene rings is 1. The van der Waals surface area contributed by atoms with Crippen LogP contribution in [0, 0.1) is 6.92 Å². The molecule has 1 aromatic rings. The fourth-order valence-corrected chi connectivity index (χ4v) is 2.82. The summed E-state index contributed by atoms with van der Waals surface area (Å²) in [6.07, 6.45) is 1.15. The predicted molar refractivity (Wildman–Crippen MR) is 79.9 cm³/mol. The van der Waals surface area contributed by atoms with Crippen molar-refractivity contribution in [3.8, 4) is 0 Å². The summed E-state index contributed by atoms with van der Waals surface area (Å²) in [5.74, 6) is -0.752. The van der Waals surface area contributed by atoms with Crippen molar-refractivity contribution in [1.82, 2.24) is 9.80 Å². The van der Waals surface area contributed by atoms with Gasteiger partial charge < -0.3 is 10.0 Å². The summed E-state index contributed by atoms with van der Waals surface area (Å²) in [5, 5.41) is 9.56. The lowest BCUT2D eigenvalue weighted by molar-refractivity contribution is -0.144. The van der Waals surface area contributed by atoms with Crippen LogP contribution in [0.5, 0.6) is 0 Å². The number of rotatable bonds is 5. The number of carbonyl (C=O) groups is 1. The molecule has 0 bridgehead atoms. The lowest BCUT2D eigenvalue weighted by atomic mass is 10.0. The van der Waals surface area contributed by atoms with E-state index < -0.39 is 12.0 Å². The van der Waals surface area contributed by atoms with Gasteiger partial charge in [-0.3, -0.25) is 9.69 Å². The highest BCUT2D eigenvalue weighted by atomic mass is 16.4. The van der Waals surface area contributed by atoms with Gasteiger partial charge in [0.25, 0.3) is 0 Å². The smallest absolute Gasteiger partial charge is 0.325 e. The molecule has 1 saturated heterocycles. The fraction of sp³-hybridized carbons (Fsp3) is 0.562. The molecule has 4 heteroatoms. The van der Waals surface area contributed by atoms with Crippen molar-refractivity contribution in [2.45, 2.75) is 26.3 Å². The average Bonchev–Trinajstić information content (AvgIpc) is 2.43. The van der Waals surface area contributed by atoms with Crippen molar-refractivity contribution in [3.05, 3.63) is 35.4 Å². The minimum absolute atomic E-state index is 0.514. The number of carboxylic acids is 1. The average molecular weight is 276 g/mol. The molecule has 1 N–H and O–H groups in total. The summed E-state index contributed by atoms with van der Waals surface area (Å²) in [4.78, 5) is 16.1. The third-order valence-electron chi connectivity index (χ3n) is 3.94. The number of nitrogens with zero attached hydrogens (tertiary/aromatic N) is 2. The van der Waals surface area contributed by atoms with E-state index in [0.717, 1.165) is 50.3 Å². The predicted octanol–water partition coefficient (Wildman–Crippen LogP) is 2.15. The van der Waals surface area contributed by atoms with E-state index in [2.05, 4.69) is 16.7 Å². The summed E-state index contributed by atoms with van der Waals surface area (Å²) in [6, 6.07) is 7.33. The summed E-state index contributed by atoms with van der Waals surface area (Å²) in [5.41, 5.74) is 2.04. The molecule has 0 aliphatic carbocycles. The van der Waals surface area contributed by atoms with Crippen molar-refractivity contribution in [1.29, 1.82) is 0 Å². The first-order chi connectivity index (χ1) is 9.61. The molecule has 1 unspecified atom stereocenters. The second kappa shape index (κ2) is 6.86. The second-order valence-corrected chi connectivity index (χ2v) is 5.53. The first kappa shape index (κ1) is 15.0. The number of piperazine rings is 1. The largest absolute Gasteiger partial charge is 0.480 e. The summed E-state index contributed by atoms with van der Waals surface area (Å²) >= 11 is 0. The Kier molecular flexibility index (Phi) is 5.15. The molecular weight excluding hydrogens is 252 g/mol. The van der Waals surface area contributed by atoms with Gasteiger partial charge in [-0.2, -0.15) is 0 Å². The maximum Gasteiger partial charge on any atom is 0.325 e. The van der Waals surface area contributed by atoms with Crippen molar-refractivity contribution in [2.24, 2.45) is 0 Å². The van der Waals surface area contributed by atoms with E-state index in [9.17, 15) is 9.90 Å². The zero-order valence-corrected chi connectivity index (χ0v) is 12.4. The van der Waals surface area contributed by atoms with Gasteiger partial charge in [0.15, 0.2) is 0 Å². The van der Waals surface area contributed by atoms with Gasteiger partial charge in [-0.05, 0) is 25.5 Å². The number of carboxylic acid groups (broad SMARTS) is 1. The number of aliphatic carboxylic acids is 1. The van der Waals surface area contributed by atoms with Gasteiger partial charge in [-0.15, -0.1) is 0 Å². The van der Waals surface area contributed by atoms with Gasteiger partial charge in [-0.1, -0.05) is 36.8 Å². The fourth-order valence-electron chi connectivity index (χ4n) is 2.82. The van der Waals surface area contributed by atoms with Gasteiger partial charge in [0.05, 0.1) is 0 Å². The van der Waals surface area contributed by atoms with Crippen LogP contribution in [-0.4, -0.2) is 53.6 Å². The molecule has 1 heterocycles. The summed E-state index contributed by atoms with van der Waals surface area (Å²) < 4.78 is 0. The first-order valence-corrected chi connectivity index (χ1v) is 7.37. The quantitative estimate of drug-likeness (QED) is 0.895. The highest BCUT2D eigenvalue weighted by molar-refractivity contribution is 5.75. The topological polar surface area (TPSA) is 43.8 Å². The monoisotopic (exact) mass is 276 g/mol. The van der Waals surface area contributed by atoms with E-state index >= 15 is 0 Å². The van der Waals surface area contributed by atoms with Gasteiger partial charge in [0, 0.05) is 26.2 Å². The van der Waals surface area contributed by atoms with Crippen LogP contribution >= 0.6 is 0 Å². The van der Waals surface area contributed by atoms with E-state index in [1.165, 1.54) is 0 Å². The zero-order chi connectivity index (χ0) is 14.5. The van der Waals surface area contributed by atoms with Crippen LogP contribution in [0.25, 0.3) is 0 Å². The molecule has 2 rings (SSSR count). The van der Waals surface area contributed by atoms with Crippen LogP contribution < -0.4 is 0 Å². The number of hydrogen-bond acceptors (Lipinski definition) is 3. The van der Waals surface area contributed by atoms with Crippen molar-refractivity contribution >= 4 is 5.97 Å². The van der Waals surface area contributed by atoms with Crippen LogP contribution in [0.15, 0.2) is 24.3 Å². The van der Waals surface area contributed by atoms with E-state index in [1.54, 1.807) is 0 Å². The SMILES string of the molecule is CCCN1CCN(C(C(=O)O)c2ccc(C)cc2)CC1. The highest BCUT2D eigenvalue weighted by Crippen LogP contribution is 2.23. The minimum atomic E-state index is -0.752. The van der Waals surface area contributed by atoms with Crippen LogP contribution in [0.1, 0.15) is 30.5 Å². The molecule has 1 aromatic carbocycles. The Balaban J connectivity index is 2.07. The molecule has 0 amide bonds. The lowest BCUT2D eigenvalue weighted by Gasteiger charge is -2.37. The molecule has 0 aromatic heterocycles. The molecule has 1 aliphatic rings. The number of aryl methyl sites for hydroxylation is 1. The molecule has 20 heavy (non-hydrogen) atoms.